The van der Waals surface area contributed by atoms with Crippen LogP contribution in [-0.4, -0.2) is 55.1 Å². The Morgan fingerprint density at radius 1 is 1.16 bits per heavy atom. The van der Waals surface area contributed by atoms with Crippen molar-refractivity contribution in [2.24, 2.45) is 0 Å². The Morgan fingerprint density at radius 3 is 2.47 bits per heavy atom. The van der Waals surface area contributed by atoms with Gasteiger partial charge in [-0.1, -0.05) is 12.1 Å². The van der Waals surface area contributed by atoms with Gasteiger partial charge in [0.25, 0.3) is 0 Å². The maximum Gasteiger partial charge on any atom is 0.146 e. The molecule has 1 aromatic rings. The SMILES string of the molecule is CC(C)N1CCN(CCNc2ccccc2F)CC1. The number of benzene rings is 1. The average Bonchev–Trinajstić information content (AvgIpc) is 2.41. The molecule has 0 aromatic heterocycles. The molecule has 19 heavy (non-hydrogen) atoms. The Balaban J connectivity index is 1.69. The van der Waals surface area contributed by atoms with E-state index < -0.39 is 0 Å². The van der Waals surface area contributed by atoms with Crippen LogP contribution in [0.25, 0.3) is 0 Å². The van der Waals surface area contributed by atoms with E-state index >= 15 is 0 Å². The number of piperazine rings is 1. The van der Waals surface area contributed by atoms with E-state index in [2.05, 4.69) is 29.0 Å². The summed E-state index contributed by atoms with van der Waals surface area (Å²) >= 11 is 0. The van der Waals surface area contributed by atoms with Gasteiger partial charge in [0.05, 0.1) is 5.69 Å². The van der Waals surface area contributed by atoms with Crippen molar-refractivity contribution in [2.75, 3.05) is 44.6 Å². The van der Waals surface area contributed by atoms with E-state index in [0.717, 1.165) is 39.3 Å². The molecule has 0 amide bonds. The number of anilines is 1. The zero-order valence-corrected chi connectivity index (χ0v) is 11.9. The van der Waals surface area contributed by atoms with Crippen LogP contribution in [0.5, 0.6) is 0 Å². The summed E-state index contributed by atoms with van der Waals surface area (Å²) in [6, 6.07) is 7.48. The summed E-state index contributed by atoms with van der Waals surface area (Å²) in [6.45, 7) is 10.7. The first-order chi connectivity index (χ1) is 9.16. The summed E-state index contributed by atoms with van der Waals surface area (Å²) in [7, 11) is 0. The van der Waals surface area contributed by atoms with Crippen molar-refractivity contribution in [1.82, 2.24) is 9.80 Å². The fourth-order valence-corrected chi connectivity index (χ4v) is 2.46. The van der Waals surface area contributed by atoms with E-state index in [1.807, 2.05) is 6.07 Å². The van der Waals surface area contributed by atoms with E-state index in [1.54, 1.807) is 12.1 Å². The third kappa shape index (κ3) is 4.18. The third-order valence-electron chi connectivity index (χ3n) is 3.75. The fourth-order valence-electron chi connectivity index (χ4n) is 2.46. The molecule has 0 aliphatic carbocycles. The van der Waals surface area contributed by atoms with E-state index in [0.29, 0.717) is 11.7 Å². The normalized spacial score (nSPS) is 17.9. The summed E-state index contributed by atoms with van der Waals surface area (Å²) in [6.07, 6.45) is 0. The summed E-state index contributed by atoms with van der Waals surface area (Å²) < 4.78 is 13.4. The Morgan fingerprint density at radius 2 is 1.84 bits per heavy atom. The standard InChI is InChI=1S/C15H24FN3/c1-13(2)19-11-9-18(10-12-19)8-7-17-15-6-4-3-5-14(15)16/h3-6,13,17H,7-12H2,1-2H3. The van der Waals surface area contributed by atoms with E-state index in [4.69, 9.17) is 0 Å². The average molecular weight is 265 g/mol. The van der Waals surface area contributed by atoms with Crippen LogP contribution in [0.2, 0.25) is 0 Å². The Kier molecular flexibility index (Phi) is 5.16. The van der Waals surface area contributed by atoms with Crippen molar-refractivity contribution in [3.8, 4) is 0 Å². The lowest BCUT2D eigenvalue weighted by atomic mass is 10.2. The van der Waals surface area contributed by atoms with Gasteiger partial charge in [0.2, 0.25) is 0 Å². The second-order valence-electron chi connectivity index (χ2n) is 5.38. The van der Waals surface area contributed by atoms with Crippen molar-refractivity contribution in [1.29, 1.82) is 0 Å². The number of rotatable bonds is 5. The molecule has 2 rings (SSSR count). The summed E-state index contributed by atoms with van der Waals surface area (Å²) in [4.78, 5) is 4.94. The van der Waals surface area contributed by atoms with E-state index in [9.17, 15) is 4.39 Å². The lowest BCUT2D eigenvalue weighted by molar-refractivity contribution is 0.111. The van der Waals surface area contributed by atoms with Crippen LogP contribution in [0.1, 0.15) is 13.8 Å². The lowest BCUT2D eigenvalue weighted by Gasteiger charge is -2.36. The predicted octanol–water partition coefficient (Wildman–Crippen LogP) is 2.26. The zero-order valence-electron chi connectivity index (χ0n) is 11.9. The Hall–Kier alpha value is -1.13. The van der Waals surface area contributed by atoms with E-state index in [1.165, 1.54) is 6.07 Å². The highest BCUT2D eigenvalue weighted by atomic mass is 19.1. The smallest absolute Gasteiger partial charge is 0.146 e. The molecule has 4 heteroatoms. The van der Waals surface area contributed by atoms with Gasteiger partial charge in [0.15, 0.2) is 0 Å². The molecule has 1 saturated heterocycles. The second-order valence-corrected chi connectivity index (χ2v) is 5.38. The monoisotopic (exact) mass is 265 g/mol. The van der Waals surface area contributed by atoms with Crippen molar-refractivity contribution in [3.63, 3.8) is 0 Å². The third-order valence-corrected chi connectivity index (χ3v) is 3.75. The van der Waals surface area contributed by atoms with E-state index in [-0.39, 0.29) is 5.82 Å². The number of hydrogen-bond acceptors (Lipinski definition) is 3. The minimum absolute atomic E-state index is 0.174. The molecule has 1 aromatic carbocycles. The molecule has 0 spiro atoms. The molecule has 1 aliphatic heterocycles. The van der Waals surface area contributed by atoms with Gasteiger partial charge in [-0.2, -0.15) is 0 Å². The topological polar surface area (TPSA) is 18.5 Å². The van der Waals surface area contributed by atoms with Gasteiger partial charge >= 0.3 is 0 Å². The largest absolute Gasteiger partial charge is 0.381 e. The number of hydrogen-bond donors (Lipinski definition) is 1. The fraction of sp³-hybridized carbons (Fsp3) is 0.600. The molecule has 0 atom stereocenters. The van der Waals surface area contributed by atoms with Gasteiger partial charge in [-0.05, 0) is 26.0 Å². The van der Waals surface area contributed by atoms with Gasteiger partial charge in [0, 0.05) is 45.3 Å². The predicted molar refractivity (Wildman–Crippen MR) is 78.0 cm³/mol. The maximum absolute atomic E-state index is 13.4. The first kappa shape index (κ1) is 14.3. The highest BCUT2D eigenvalue weighted by Crippen LogP contribution is 2.12. The molecule has 0 radical (unpaired) electrons. The number of para-hydroxylation sites is 1. The molecule has 1 N–H and O–H groups in total. The molecule has 0 bridgehead atoms. The molecule has 1 fully saturated rings. The summed E-state index contributed by atoms with van der Waals surface area (Å²) in [5, 5.41) is 3.16. The van der Waals surface area contributed by atoms with Gasteiger partial charge in [-0.15, -0.1) is 0 Å². The van der Waals surface area contributed by atoms with Crippen molar-refractivity contribution in [2.45, 2.75) is 19.9 Å². The van der Waals surface area contributed by atoms with Crippen LogP contribution in [-0.2, 0) is 0 Å². The lowest BCUT2D eigenvalue weighted by Crippen LogP contribution is -2.49. The van der Waals surface area contributed by atoms with Crippen LogP contribution in [0.4, 0.5) is 10.1 Å². The van der Waals surface area contributed by atoms with Crippen molar-refractivity contribution < 1.29 is 4.39 Å². The highest BCUT2D eigenvalue weighted by molar-refractivity contribution is 5.44. The molecule has 106 valence electrons. The number of halogens is 1. The minimum Gasteiger partial charge on any atom is -0.381 e. The Bertz CT molecular complexity index is 387. The zero-order chi connectivity index (χ0) is 13.7. The van der Waals surface area contributed by atoms with Crippen LogP contribution < -0.4 is 5.32 Å². The first-order valence-electron chi connectivity index (χ1n) is 7.11. The van der Waals surface area contributed by atoms with Gasteiger partial charge in [-0.3, -0.25) is 9.80 Å². The molecular formula is C15H24FN3. The molecule has 1 aliphatic rings. The molecule has 3 nitrogen and oxygen atoms in total. The van der Waals surface area contributed by atoms with Gasteiger partial charge in [-0.25, -0.2) is 4.39 Å². The molecule has 1 heterocycles. The number of nitrogens with one attached hydrogen (secondary N) is 1. The molecule has 0 unspecified atom stereocenters. The van der Waals surface area contributed by atoms with Crippen LogP contribution in [0.3, 0.4) is 0 Å². The summed E-state index contributed by atoms with van der Waals surface area (Å²) in [5.41, 5.74) is 0.600. The minimum atomic E-state index is -0.174. The van der Waals surface area contributed by atoms with Crippen LogP contribution in [0.15, 0.2) is 24.3 Å². The van der Waals surface area contributed by atoms with Crippen molar-refractivity contribution in [3.05, 3.63) is 30.1 Å². The number of nitrogens with zero attached hydrogens (tertiary/aromatic N) is 2. The maximum atomic E-state index is 13.4. The molecular weight excluding hydrogens is 241 g/mol. The van der Waals surface area contributed by atoms with Gasteiger partial charge < -0.3 is 5.32 Å². The summed E-state index contributed by atoms with van der Waals surface area (Å²) in [5.74, 6) is -0.174. The highest BCUT2D eigenvalue weighted by Gasteiger charge is 2.18. The molecule has 0 saturated carbocycles. The van der Waals surface area contributed by atoms with Crippen molar-refractivity contribution >= 4 is 5.69 Å². The van der Waals surface area contributed by atoms with Crippen LogP contribution >= 0.6 is 0 Å². The van der Waals surface area contributed by atoms with Gasteiger partial charge in [0.1, 0.15) is 5.82 Å². The second kappa shape index (κ2) is 6.87. The first-order valence-corrected chi connectivity index (χ1v) is 7.11. The Labute approximate surface area is 115 Å². The quantitative estimate of drug-likeness (QED) is 0.881. The van der Waals surface area contributed by atoms with Crippen LogP contribution in [0, 0.1) is 5.82 Å².